The molecule has 0 radical (unpaired) electrons. The number of thiophene rings is 1. The molecular weight excluding hydrogens is 308 g/mol. The molecular formula is C11H9ClN2O3S2. The van der Waals surface area contributed by atoms with E-state index in [2.05, 4.69) is 4.72 Å². The van der Waals surface area contributed by atoms with Crippen LogP contribution in [0.3, 0.4) is 0 Å². The first-order valence-electron chi connectivity index (χ1n) is 5.06. The number of sulfonamides is 1. The summed E-state index contributed by atoms with van der Waals surface area (Å²) in [6.07, 6.45) is 0. The van der Waals surface area contributed by atoms with Crippen LogP contribution in [0.4, 0.5) is 5.69 Å². The standard InChI is InChI=1S/C11H9ClN2O3S2/c12-9-5-6-10(18-9)19(16,17)14-8-3-1-7(2-4-8)11(13)15/h1-6,14H,(H2,13,15). The lowest BCUT2D eigenvalue weighted by atomic mass is 10.2. The van der Waals surface area contributed by atoms with Crippen molar-refractivity contribution >= 4 is 44.6 Å². The molecule has 0 saturated heterocycles. The molecule has 2 aromatic rings. The minimum Gasteiger partial charge on any atom is -0.366 e. The molecule has 1 aromatic heterocycles. The molecule has 0 atom stereocenters. The third kappa shape index (κ3) is 3.25. The molecule has 0 bridgehead atoms. The summed E-state index contributed by atoms with van der Waals surface area (Å²) < 4.78 is 26.9. The van der Waals surface area contributed by atoms with Gasteiger partial charge in [-0.2, -0.15) is 0 Å². The van der Waals surface area contributed by atoms with Crippen LogP contribution < -0.4 is 10.5 Å². The van der Waals surface area contributed by atoms with Gasteiger partial charge in [-0.15, -0.1) is 11.3 Å². The lowest BCUT2D eigenvalue weighted by Crippen LogP contribution is -2.13. The number of carbonyl (C=O) groups is 1. The van der Waals surface area contributed by atoms with E-state index in [9.17, 15) is 13.2 Å². The Morgan fingerprint density at radius 3 is 2.26 bits per heavy atom. The Balaban J connectivity index is 2.23. The fourth-order valence-electron chi connectivity index (χ4n) is 1.35. The highest BCUT2D eigenvalue weighted by Gasteiger charge is 2.16. The number of anilines is 1. The minimum atomic E-state index is -3.66. The van der Waals surface area contributed by atoms with Gasteiger partial charge in [-0.05, 0) is 36.4 Å². The van der Waals surface area contributed by atoms with Crippen LogP contribution in [0, 0.1) is 0 Å². The number of benzene rings is 1. The van der Waals surface area contributed by atoms with Gasteiger partial charge >= 0.3 is 0 Å². The first kappa shape index (κ1) is 13.9. The van der Waals surface area contributed by atoms with Gasteiger partial charge in [0.25, 0.3) is 10.0 Å². The van der Waals surface area contributed by atoms with Crippen LogP contribution in [-0.2, 0) is 10.0 Å². The first-order valence-corrected chi connectivity index (χ1v) is 7.74. The highest BCUT2D eigenvalue weighted by atomic mass is 35.5. The van der Waals surface area contributed by atoms with Crippen LogP contribution in [-0.4, -0.2) is 14.3 Å². The van der Waals surface area contributed by atoms with Crippen molar-refractivity contribution < 1.29 is 13.2 Å². The molecule has 19 heavy (non-hydrogen) atoms. The fraction of sp³-hybridized carbons (Fsp3) is 0. The number of hydrogen-bond acceptors (Lipinski definition) is 4. The molecule has 100 valence electrons. The normalized spacial score (nSPS) is 11.2. The van der Waals surface area contributed by atoms with Crippen molar-refractivity contribution in [2.75, 3.05) is 4.72 Å². The number of nitrogens with two attached hydrogens (primary N) is 1. The third-order valence-electron chi connectivity index (χ3n) is 2.24. The Kier molecular flexibility index (Phi) is 3.79. The van der Waals surface area contributed by atoms with Crippen molar-refractivity contribution in [2.24, 2.45) is 5.73 Å². The zero-order valence-corrected chi connectivity index (χ0v) is 11.8. The van der Waals surface area contributed by atoms with Gasteiger partial charge in [0.1, 0.15) is 4.21 Å². The van der Waals surface area contributed by atoms with E-state index in [0.29, 0.717) is 15.6 Å². The van der Waals surface area contributed by atoms with Crippen molar-refractivity contribution in [1.29, 1.82) is 0 Å². The predicted molar refractivity (Wildman–Crippen MR) is 75.1 cm³/mol. The molecule has 0 aliphatic heterocycles. The Morgan fingerprint density at radius 1 is 1.16 bits per heavy atom. The lowest BCUT2D eigenvalue weighted by Gasteiger charge is -2.06. The average molecular weight is 317 g/mol. The molecule has 3 N–H and O–H groups in total. The van der Waals surface area contributed by atoms with E-state index < -0.39 is 15.9 Å². The summed E-state index contributed by atoms with van der Waals surface area (Å²) in [6, 6.07) is 8.76. The molecule has 1 amide bonds. The van der Waals surface area contributed by atoms with Crippen molar-refractivity contribution in [3.8, 4) is 0 Å². The summed E-state index contributed by atoms with van der Waals surface area (Å²) in [6.45, 7) is 0. The first-order chi connectivity index (χ1) is 8.88. The molecule has 5 nitrogen and oxygen atoms in total. The maximum absolute atomic E-state index is 12.0. The Hall–Kier alpha value is -1.57. The van der Waals surface area contributed by atoms with E-state index in [1.54, 1.807) is 0 Å². The highest BCUT2D eigenvalue weighted by molar-refractivity contribution is 7.94. The number of amides is 1. The topological polar surface area (TPSA) is 89.3 Å². The van der Waals surface area contributed by atoms with Crippen LogP contribution in [0.15, 0.2) is 40.6 Å². The van der Waals surface area contributed by atoms with E-state index in [1.165, 1.54) is 36.4 Å². The zero-order valence-electron chi connectivity index (χ0n) is 9.46. The van der Waals surface area contributed by atoms with E-state index in [1.807, 2.05) is 0 Å². The molecule has 1 aromatic carbocycles. The van der Waals surface area contributed by atoms with Crippen LogP contribution in [0.5, 0.6) is 0 Å². The number of halogens is 1. The summed E-state index contributed by atoms with van der Waals surface area (Å²) >= 11 is 6.66. The smallest absolute Gasteiger partial charge is 0.271 e. The van der Waals surface area contributed by atoms with Gasteiger partial charge in [-0.25, -0.2) is 8.42 Å². The molecule has 0 aliphatic carbocycles. The molecule has 1 heterocycles. The van der Waals surface area contributed by atoms with Gasteiger partial charge in [-0.1, -0.05) is 11.6 Å². The van der Waals surface area contributed by atoms with Crippen molar-refractivity contribution in [3.05, 3.63) is 46.3 Å². The summed E-state index contributed by atoms with van der Waals surface area (Å²) in [7, 11) is -3.66. The van der Waals surface area contributed by atoms with Crippen LogP contribution in [0.2, 0.25) is 4.34 Å². The number of primary amides is 1. The number of carbonyl (C=O) groups excluding carboxylic acids is 1. The Labute approximate surface area is 119 Å². The number of nitrogens with one attached hydrogen (secondary N) is 1. The summed E-state index contributed by atoms with van der Waals surface area (Å²) in [5.41, 5.74) is 5.74. The Morgan fingerprint density at radius 2 is 1.79 bits per heavy atom. The molecule has 0 fully saturated rings. The lowest BCUT2D eigenvalue weighted by molar-refractivity contribution is 0.100. The quantitative estimate of drug-likeness (QED) is 0.907. The van der Waals surface area contributed by atoms with Gasteiger partial charge in [0.2, 0.25) is 5.91 Å². The number of rotatable bonds is 4. The van der Waals surface area contributed by atoms with E-state index in [-0.39, 0.29) is 4.21 Å². The molecule has 0 aliphatic rings. The van der Waals surface area contributed by atoms with Gasteiger partial charge in [-0.3, -0.25) is 9.52 Å². The van der Waals surface area contributed by atoms with Gasteiger partial charge < -0.3 is 5.73 Å². The van der Waals surface area contributed by atoms with E-state index in [4.69, 9.17) is 17.3 Å². The van der Waals surface area contributed by atoms with Gasteiger partial charge in [0.05, 0.1) is 4.34 Å². The van der Waals surface area contributed by atoms with Crippen molar-refractivity contribution in [1.82, 2.24) is 0 Å². The maximum atomic E-state index is 12.0. The minimum absolute atomic E-state index is 0.122. The Bertz CT molecular complexity index is 708. The molecule has 2 rings (SSSR count). The predicted octanol–water partition coefficient (Wildman–Crippen LogP) is 2.30. The molecule has 0 spiro atoms. The van der Waals surface area contributed by atoms with Crippen LogP contribution in [0.1, 0.15) is 10.4 Å². The summed E-state index contributed by atoms with van der Waals surface area (Å²) in [5.74, 6) is -0.570. The SMILES string of the molecule is NC(=O)c1ccc(NS(=O)(=O)c2ccc(Cl)s2)cc1. The fourth-order valence-corrected chi connectivity index (χ4v) is 3.89. The largest absolute Gasteiger partial charge is 0.366 e. The maximum Gasteiger partial charge on any atom is 0.271 e. The molecule has 8 heteroatoms. The van der Waals surface area contributed by atoms with E-state index in [0.717, 1.165) is 11.3 Å². The van der Waals surface area contributed by atoms with Crippen molar-refractivity contribution in [2.45, 2.75) is 4.21 Å². The van der Waals surface area contributed by atoms with Gasteiger partial charge in [0, 0.05) is 11.3 Å². The van der Waals surface area contributed by atoms with E-state index >= 15 is 0 Å². The second-order valence-corrected chi connectivity index (χ2v) is 7.23. The number of hydrogen-bond donors (Lipinski definition) is 2. The summed E-state index contributed by atoms with van der Waals surface area (Å²) in [4.78, 5) is 10.9. The van der Waals surface area contributed by atoms with Crippen LogP contribution in [0.25, 0.3) is 0 Å². The summed E-state index contributed by atoms with van der Waals surface area (Å²) in [5, 5.41) is 0. The molecule has 0 unspecified atom stereocenters. The monoisotopic (exact) mass is 316 g/mol. The van der Waals surface area contributed by atoms with Crippen molar-refractivity contribution in [3.63, 3.8) is 0 Å². The molecule has 0 saturated carbocycles. The average Bonchev–Trinajstić information content (AvgIpc) is 2.77. The zero-order chi connectivity index (χ0) is 14.0. The van der Waals surface area contributed by atoms with Gasteiger partial charge in [0.15, 0.2) is 0 Å². The second kappa shape index (κ2) is 5.20. The van der Waals surface area contributed by atoms with Crippen LogP contribution >= 0.6 is 22.9 Å². The highest BCUT2D eigenvalue weighted by Crippen LogP contribution is 2.27. The third-order valence-corrected chi connectivity index (χ3v) is 5.34. The second-order valence-electron chi connectivity index (χ2n) is 3.61.